The number of benzene rings is 2. The zero-order valence-corrected chi connectivity index (χ0v) is 19.9. The monoisotopic (exact) mass is 482 g/mol. The quantitative estimate of drug-likeness (QED) is 0.290. The smallest absolute Gasteiger partial charge is 0.348 e. The number of halogens is 2. The molecule has 2 heterocycles. The summed E-state index contributed by atoms with van der Waals surface area (Å²) in [6, 6.07) is 15.4. The first-order valence-electron chi connectivity index (χ1n) is 10.0. The summed E-state index contributed by atoms with van der Waals surface area (Å²) in [6.45, 7) is 4.75. The van der Waals surface area contributed by atoms with Crippen molar-refractivity contribution in [2.45, 2.75) is 26.3 Å². The number of rotatable bonds is 6. The van der Waals surface area contributed by atoms with E-state index in [1.807, 2.05) is 24.3 Å². The molecule has 0 saturated carbocycles. The molecule has 0 unspecified atom stereocenters. The maximum Gasteiger partial charge on any atom is 0.348 e. The molecule has 0 saturated heterocycles. The Hall–Kier alpha value is -2.78. The zero-order chi connectivity index (χ0) is 22.8. The van der Waals surface area contributed by atoms with Crippen LogP contribution < -0.4 is 10.4 Å². The van der Waals surface area contributed by atoms with E-state index in [1.165, 1.54) is 16.9 Å². The van der Waals surface area contributed by atoms with Crippen LogP contribution in [0.1, 0.15) is 30.2 Å². The number of hydrogen-bond acceptors (Lipinski definition) is 4. The van der Waals surface area contributed by atoms with Crippen LogP contribution in [0.3, 0.4) is 0 Å². The van der Waals surface area contributed by atoms with E-state index in [1.54, 1.807) is 16.7 Å². The van der Waals surface area contributed by atoms with Crippen LogP contribution in [0.15, 0.2) is 53.3 Å². The van der Waals surface area contributed by atoms with Gasteiger partial charge in [0.2, 0.25) is 0 Å². The molecule has 0 fully saturated rings. The van der Waals surface area contributed by atoms with Crippen LogP contribution in [-0.2, 0) is 6.54 Å². The summed E-state index contributed by atoms with van der Waals surface area (Å²) in [5.74, 6) is 3.50. The molecular formula is C25H20Cl2N2O2S. The van der Waals surface area contributed by atoms with Gasteiger partial charge >= 0.3 is 5.69 Å². The van der Waals surface area contributed by atoms with Gasteiger partial charge in [-0.2, -0.15) is 4.98 Å². The second-order valence-electron chi connectivity index (χ2n) is 7.61. The summed E-state index contributed by atoms with van der Waals surface area (Å²) in [5.41, 5.74) is 3.07. The molecule has 7 heteroatoms. The van der Waals surface area contributed by atoms with Crippen LogP contribution in [-0.4, -0.2) is 16.2 Å². The number of nitrogens with zero attached hydrogens (tertiary/aromatic N) is 2. The van der Waals surface area contributed by atoms with E-state index in [4.69, 9.17) is 34.4 Å². The van der Waals surface area contributed by atoms with E-state index < -0.39 is 0 Å². The van der Waals surface area contributed by atoms with Crippen molar-refractivity contribution in [1.82, 2.24) is 9.55 Å². The van der Waals surface area contributed by atoms with Gasteiger partial charge in [0.1, 0.15) is 16.7 Å². The molecule has 0 bridgehead atoms. The van der Waals surface area contributed by atoms with E-state index in [2.05, 4.69) is 36.9 Å². The van der Waals surface area contributed by atoms with Gasteiger partial charge < -0.3 is 4.74 Å². The highest BCUT2D eigenvalue weighted by atomic mass is 35.5. The van der Waals surface area contributed by atoms with Gasteiger partial charge in [-0.1, -0.05) is 67.2 Å². The van der Waals surface area contributed by atoms with Crippen LogP contribution in [0.2, 0.25) is 9.36 Å². The predicted octanol–water partition coefficient (Wildman–Crippen LogP) is 6.62. The molecule has 32 heavy (non-hydrogen) atoms. The largest absolute Gasteiger partial charge is 0.481 e. The second-order valence-corrected chi connectivity index (χ2v) is 9.76. The molecule has 0 radical (unpaired) electrons. The van der Waals surface area contributed by atoms with Crippen LogP contribution in [0.4, 0.5) is 0 Å². The third kappa shape index (κ3) is 4.54. The Labute approximate surface area is 200 Å². The predicted molar refractivity (Wildman–Crippen MR) is 133 cm³/mol. The minimum absolute atomic E-state index is 0.156. The van der Waals surface area contributed by atoms with Gasteiger partial charge in [-0.3, -0.25) is 4.57 Å². The fourth-order valence-corrected chi connectivity index (χ4v) is 4.92. The molecule has 0 aliphatic carbocycles. The third-order valence-corrected chi connectivity index (χ3v) is 6.99. The SMILES string of the molecule is C#CCOc1ccc2c(c1)c(-c1ccc(C(C)C)cc1)nc(=O)n2Cc1cc(Cl)c(Cl)s1. The Morgan fingerprint density at radius 2 is 1.91 bits per heavy atom. The Balaban J connectivity index is 1.89. The van der Waals surface area contributed by atoms with Gasteiger partial charge in [0.25, 0.3) is 0 Å². The van der Waals surface area contributed by atoms with Crippen molar-refractivity contribution >= 4 is 45.4 Å². The maximum absolute atomic E-state index is 13.1. The summed E-state index contributed by atoms with van der Waals surface area (Å²) in [6.07, 6.45) is 5.34. The van der Waals surface area contributed by atoms with Crippen molar-refractivity contribution in [3.8, 4) is 29.4 Å². The van der Waals surface area contributed by atoms with E-state index >= 15 is 0 Å². The van der Waals surface area contributed by atoms with Crippen molar-refractivity contribution in [2.24, 2.45) is 0 Å². The number of fused-ring (bicyclic) bond motifs is 1. The lowest BCUT2D eigenvalue weighted by atomic mass is 9.99. The number of thiophene rings is 1. The van der Waals surface area contributed by atoms with E-state index in [0.29, 0.717) is 33.3 Å². The molecule has 4 rings (SSSR count). The molecule has 0 amide bonds. The van der Waals surface area contributed by atoms with Crippen LogP contribution in [0.25, 0.3) is 22.2 Å². The molecule has 4 aromatic rings. The third-order valence-electron chi connectivity index (χ3n) is 5.14. The molecule has 0 spiro atoms. The molecule has 162 valence electrons. The lowest BCUT2D eigenvalue weighted by Crippen LogP contribution is -2.24. The number of hydrogen-bond donors (Lipinski definition) is 0. The van der Waals surface area contributed by atoms with Crippen molar-refractivity contribution in [1.29, 1.82) is 0 Å². The van der Waals surface area contributed by atoms with Crippen molar-refractivity contribution in [3.05, 3.63) is 78.8 Å². The number of aromatic nitrogens is 2. The highest BCUT2D eigenvalue weighted by Crippen LogP contribution is 2.34. The highest BCUT2D eigenvalue weighted by molar-refractivity contribution is 7.16. The highest BCUT2D eigenvalue weighted by Gasteiger charge is 2.15. The molecule has 4 nitrogen and oxygen atoms in total. The fraction of sp³-hybridized carbons (Fsp3) is 0.200. The summed E-state index contributed by atoms with van der Waals surface area (Å²) < 4.78 is 7.74. The Morgan fingerprint density at radius 1 is 1.16 bits per heavy atom. The average Bonchev–Trinajstić information content (AvgIpc) is 3.10. The molecule has 0 N–H and O–H groups in total. The van der Waals surface area contributed by atoms with Gasteiger partial charge in [-0.15, -0.1) is 17.8 Å². The van der Waals surface area contributed by atoms with Gasteiger partial charge in [0.15, 0.2) is 0 Å². The first-order chi connectivity index (χ1) is 15.4. The molecule has 0 aliphatic heterocycles. The second kappa shape index (κ2) is 9.38. The first kappa shape index (κ1) is 22.4. The fourth-order valence-electron chi connectivity index (χ4n) is 3.50. The van der Waals surface area contributed by atoms with Crippen molar-refractivity contribution < 1.29 is 4.74 Å². The van der Waals surface area contributed by atoms with E-state index in [9.17, 15) is 4.79 Å². The number of ether oxygens (including phenoxy) is 1. The topological polar surface area (TPSA) is 44.1 Å². The van der Waals surface area contributed by atoms with Gasteiger partial charge in [-0.05, 0) is 35.7 Å². The molecule has 2 aromatic heterocycles. The summed E-state index contributed by atoms with van der Waals surface area (Å²) in [4.78, 5) is 18.4. The molecule has 2 aromatic carbocycles. The molecule has 0 aliphatic rings. The lowest BCUT2D eigenvalue weighted by Gasteiger charge is -2.14. The summed E-state index contributed by atoms with van der Waals surface area (Å²) >= 11 is 13.6. The Bertz CT molecular complexity index is 1360. The summed E-state index contributed by atoms with van der Waals surface area (Å²) in [7, 11) is 0. The molecular weight excluding hydrogens is 463 g/mol. The normalized spacial score (nSPS) is 11.1. The minimum Gasteiger partial charge on any atom is -0.481 e. The van der Waals surface area contributed by atoms with E-state index in [0.717, 1.165) is 21.3 Å². The lowest BCUT2D eigenvalue weighted by molar-refractivity contribution is 0.371. The van der Waals surface area contributed by atoms with E-state index in [-0.39, 0.29) is 12.3 Å². The standard InChI is InChI=1S/C25H20Cl2N2O2S/c1-4-11-31-18-9-10-22-20(12-18)23(17-7-5-16(6-8-17)15(2)3)28-25(30)29(22)14-19-13-21(26)24(27)32-19/h1,5-10,12-13,15H,11,14H2,2-3H3. The maximum atomic E-state index is 13.1. The van der Waals surface area contributed by atoms with Crippen molar-refractivity contribution in [2.75, 3.05) is 6.61 Å². The minimum atomic E-state index is -0.349. The summed E-state index contributed by atoms with van der Waals surface area (Å²) in [5, 5.41) is 1.27. The van der Waals surface area contributed by atoms with Gasteiger partial charge in [-0.25, -0.2) is 4.79 Å². The number of terminal acetylenes is 1. The Morgan fingerprint density at radius 3 is 2.53 bits per heavy atom. The first-order valence-corrected chi connectivity index (χ1v) is 11.6. The van der Waals surface area contributed by atoms with Gasteiger partial charge in [0.05, 0.1) is 22.8 Å². The van der Waals surface area contributed by atoms with Crippen LogP contribution >= 0.6 is 34.5 Å². The van der Waals surface area contributed by atoms with Crippen molar-refractivity contribution in [3.63, 3.8) is 0 Å². The zero-order valence-electron chi connectivity index (χ0n) is 17.6. The van der Waals surface area contributed by atoms with Crippen LogP contribution in [0.5, 0.6) is 5.75 Å². The van der Waals surface area contributed by atoms with Crippen LogP contribution in [0, 0.1) is 12.3 Å². The Kier molecular flexibility index (Phi) is 6.57. The molecule has 0 atom stereocenters. The van der Waals surface area contributed by atoms with Gasteiger partial charge in [0, 0.05) is 15.8 Å². The average molecular weight is 483 g/mol.